The minimum absolute atomic E-state index is 0.0149. The van der Waals surface area contributed by atoms with Crippen LogP contribution in [0, 0.1) is 35.0 Å². The fourth-order valence-corrected chi connectivity index (χ4v) is 0.944. The summed E-state index contributed by atoms with van der Waals surface area (Å²) in [4.78, 5) is 0. The van der Waals surface area contributed by atoms with E-state index in [1.54, 1.807) is 36.4 Å². The zero-order chi connectivity index (χ0) is 11.1. The van der Waals surface area contributed by atoms with Crippen molar-refractivity contribution in [3.63, 3.8) is 0 Å². The predicted molar refractivity (Wildman–Crippen MR) is 57.3 cm³/mol. The molecular formula is C12H7N3. The Morgan fingerprint density at radius 1 is 1.33 bits per heavy atom. The van der Waals surface area contributed by atoms with Gasteiger partial charge in [0.05, 0.1) is 0 Å². The molecule has 0 saturated heterocycles. The van der Waals surface area contributed by atoms with E-state index in [1.807, 2.05) is 0 Å². The number of rotatable bonds is 2. The zero-order valence-corrected chi connectivity index (χ0v) is 7.86. The molecule has 0 unspecified atom stereocenters. The van der Waals surface area contributed by atoms with Crippen molar-refractivity contribution in [3.05, 3.63) is 41.6 Å². The van der Waals surface area contributed by atoms with E-state index in [4.69, 9.17) is 16.9 Å². The average Bonchev–Trinajstić information content (AvgIpc) is 2.31. The molecule has 70 valence electrons. The lowest BCUT2D eigenvalue weighted by Crippen LogP contribution is -1.90. The van der Waals surface area contributed by atoms with Crippen LogP contribution in [0.1, 0.15) is 5.56 Å². The van der Waals surface area contributed by atoms with Crippen LogP contribution in [0.4, 0.5) is 5.69 Å². The molecule has 0 aromatic heterocycles. The summed E-state index contributed by atoms with van der Waals surface area (Å²) in [7, 11) is 0. The highest BCUT2D eigenvalue weighted by molar-refractivity contribution is 5.53. The number of nitrogens with zero attached hydrogens (tertiary/aromatic N) is 2. The number of benzene rings is 1. The number of anilines is 1. The minimum atomic E-state index is 0.0149. The van der Waals surface area contributed by atoms with Gasteiger partial charge in [-0.05, 0) is 18.2 Å². The van der Waals surface area contributed by atoms with Crippen molar-refractivity contribution in [2.75, 3.05) is 5.32 Å². The normalized spacial score (nSPS) is 7.80. The number of nitriles is 2. The standard InChI is InChI=1S/C12H7N3/c1-2-10-4-3-5-12(6-10)15-9-11(7-13)8-14/h1,3-6,9,15H. The van der Waals surface area contributed by atoms with Gasteiger partial charge in [-0.15, -0.1) is 6.42 Å². The van der Waals surface area contributed by atoms with Crippen LogP contribution >= 0.6 is 0 Å². The summed E-state index contributed by atoms with van der Waals surface area (Å²) in [5.41, 5.74) is 1.50. The highest BCUT2D eigenvalue weighted by Gasteiger charge is 1.93. The third-order valence-corrected chi connectivity index (χ3v) is 1.65. The summed E-state index contributed by atoms with van der Waals surface area (Å²) in [6, 6.07) is 10.6. The summed E-state index contributed by atoms with van der Waals surface area (Å²) in [6.07, 6.45) is 6.57. The van der Waals surface area contributed by atoms with Crippen LogP contribution in [0.5, 0.6) is 0 Å². The summed E-state index contributed by atoms with van der Waals surface area (Å²) in [6.45, 7) is 0. The fraction of sp³-hybridized carbons (Fsp3) is 0. The van der Waals surface area contributed by atoms with Gasteiger partial charge in [0.25, 0.3) is 0 Å². The Balaban J connectivity index is 2.85. The Hall–Kier alpha value is -2.70. The van der Waals surface area contributed by atoms with Crippen LogP contribution in [0.25, 0.3) is 0 Å². The van der Waals surface area contributed by atoms with Crippen LogP contribution in [0.2, 0.25) is 0 Å². The molecule has 1 N–H and O–H groups in total. The molecule has 3 heteroatoms. The van der Waals surface area contributed by atoms with Crippen LogP contribution in [-0.2, 0) is 0 Å². The van der Waals surface area contributed by atoms with E-state index in [-0.39, 0.29) is 5.57 Å². The molecule has 0 amide bonds. The van der Waals surface area contributed by atoms with E-state index in [9.17, 15) is 0 Å². The number of hydrogen-bond donors (Lipinski definition) is 1. The van der Waals surface area contributed by atoms with Gasteiger partial charge in [0, 0.05) is 17.5 Å². The zero-order valence-electron chi connectivity index (χ0n) is 7.86. The fourth-order valence-electron chi connectivity index (χ4n) is 0.944. The second-order valence-corrected chi connectivity index (χ2v) is 2.65. The topological polar surface area (TPSA) is 59.6 Å². The molecule has 1 rings (SSSR count). The van der Waals surface area contributed by atoms with E-state index in [0.29, 0.717) is 0 Å². The number of hydrogen-bond acceptors (Lipinski definition) is 3. The quantitative estimate of drug-likeness (QED) is 0.577. The van der Waals surface area contributed by atoms with E-state index in [1.165, 1.54) is 6.20 Å². The summed E-state index contributed by atoms with van der Waals surface area (Å²) < 4.78 is 0. The van der Waals surface area contributed by atoms with Gasteiger partial charge in [0.2, 0.25) is 0 Å². The summed E-state index contributed by atoms with van der Waals surface area (Å²) in [5, 5.41) is 19.8. The molecule has 0 aliphatic rings. The van der Waals surface area contributed by atoms with Crippen molar-refractivity contribution >= 4 is 5.69 Å². The molecule has 0 atom stereocenters. The molecule has 0 aliphatic carbocycles. The van der Waals surface area contributed by atoms with E-state index in [0.717, 1.165) is 11.3 Å². The van der Waals surface area contributed by atoms with Crippen molar-refractivity contribution in [2.45, 2.75) is 0 Å². The molecule has 1 aromatic rings. The van der Waals surface area contributed by atoms with Gasteiger partial charge < -0.3 is 5.32 Å². The summed E-state index contributed by atoms with van der Waals surface area (Å²) in [5.74, 6) is 2.49. The highest BCUT2D eigenvalue weighted by atomic mass is 14.8. The van der Waals surface area contributed by atoms with Gasteiger partial charge in [-0.2, -0.15) is 10.5 Å². The third-order valence-electron chi connectivity index (χ3n) is 1.65. The maximum atomic E-state index is 8.49. The molecular weight excluding hydrogens is 186 g/mol. The Morgan fingerprint density at radius 2 is 2.07 bits per heavy atom. The average molecular weight is 193 g/mol. The van der Waals surface area contributed by atoms with Crippen molar-refractivity contribution in [2.24, 2.45) is 0 Å². The lowest BCUT2D eigenvalue weighted by atomic mass is 10.2. The van der Waals surface area contributed by atoms with E-state index >= 15 is 0 Å². The smallest absolute Gasteiger partial charge is 0.145 e. The first-order valence-corrected chi connectivity index (χ1v) is 4.13. The lowest BCUT2D eigenvalue weighted by Gasteiger charge is -2.00. The van der Waals surface area contributed by atoms with Gasteiger partial charge >= 0.3 is 0 Å². The van der Waals surface area contributed by atoms with Crippen LogP contribution in [0.15, 0.2) is 36.0 Å². The Kier molecular flexibility index (Phi) is 3.54. The molecule has 0 spiro atoms. The van der Waals surface area contributed by atoms with Crippen LogP contribution in [0.3, 0.4) is 0 Å². The highest BCUT2D eigenvalue weighted by Crippen LogP contribution is 2.09. The van der Waals surface area contributed by atoms with Gasteiger partial charge in [-0.25, -0.2) is 0 Å². The first-order chi connectivity index (χ1) is 7.30. The lowest BCUT2D eigenvalue weighted by molar-refractivity contribution is 1.44. The van der Waals surface area contributed by atoms with Crippen LogP contribution < -0.4 is 5.32 Å². The minimum Gasteiger partial charge on any atom is -0.360 e. The van der Waals surface area contributed by atoms with Gasteiger partial charge in [0.1, 0.15) is 17.7 Å². The SMILES string of the molecule is C#Cc1cccc(NC=C(C#N)C#N)c1. The van der Waals surface area contributed by atoms with Crippen LogP contribution in [-0.4, -0.2) is 0 Å². The van der Waals surface area contributed by atoms with Crippen molar-refractivity contribution < 1.29 is 0 Å². The maximum absolute atomic E-state index is 8.49. The Morgan fingerprint density at radius 3 is 2.67 bits per heavy atom. The largest absolute Gasteiger partial charge is 0.360 e. The maximum Gasteiger partial charge on any atom is 0.145 e. The summed E-state index contributed by atoms with van der Waals surface area (Å²) >= 11 is 0. The number of allylic oxidation sites excluding steroid dienone is 1. The molecule has 0 radical (unpaired) electrons. The second-order valence-electron chi connectivity index (χ2n) is 2.65. The number of nitrogens with one attached hydrogen (secondary N) is 1. The third kappa shape index (κ3) is 2.92. The van der Waals surface area contributed by atoms with Crippen molar-refractivity contribution in [1.82, 2.24) is 0 Å². The van der Waals surface area contributed by atoms with Gasteiger partial charge in [-0.3, -0.25) is 0 Å². The van der Waals surface area contributed by atoms with E-state index in [2.05, 4.69) is 11.2 Å². The second kappa shape index (κ2) is 5.12. The molecule has 0 saturated carbocycles. The predicted octanol–water partition coefficient (Wildman–Crippen LogP) is 2.01. The van der Waals surface area contributed by atoms with Crippen molar-refractivity contribution in [1.29, 1.82) is 10.5 Å². The van der Waals surface area contributed by atoms with Gasteiger partial charge in [0.15, 0.2) is 0 Å². The molecule has 15 heavy (non-hydrogen) atoms. The Bertz CT molecular complexity index is 491. The van der Waals surface area contributed by atoms with Crippen molar-refractivity contribution in [3.8, 4) is 24.5 Å². The first-order valence-electron chi connectivity index (χ1n) is 4.13. The Labute approximate surface area is 88.3 Å². The first kappa shape index (κ1) is 10.4. The molecule has 1 aromatic carbocycles. The van der Waals surface area contributed by atoms with E-state index < -0.39 is 0 Å². The number of terminal acetylenes is 1. The molecule has 0 bridgehead atoms. The van der Waals surface area contributed by atoms with Gasteiger partial charge in [-0.1, -0.05) is 12.0 Å². The monoisotopic (exact) mass is 193 g/mol. The molecule has 3 nitrogen and oxygen atoms in total. The molecule has 0 fully saturated rings. The molecule has 0 aliphatic heterocycles. The molecule has 0 heterocycles.